The second-order valence-corrected chi connectivity index (χ2v) is 10.3. The molecule has 2 aromatic carbocycles. The Balaban J connectivity index is 1.68. The summed E-state index contributed by atoms with van der Waals surface area (Å²) < 4.78 is 32.7. The number of halogens is 2. The summed E-state index contributed by atoms with van der Waals surface area (Å²) in [6.07, 6.45) is 0.480. The van der Waals surface area contributed by atoms with E-state index < -0.39 is 15.9 Å². The molecule has 0 saturated heterocycles. The molecule has 0 aliphatic carbocycles. The number of sulfonamides is 1. The number of aryl methyl sites for hydroxylation is 1. The monoisotopic (exact) mass is 479 g/mol. The van der Waals surface area contributed by atoms with E-state index in [2.05, 4.69) is 4.72 Å². The van der Waals surface area contributed by atoms with Gasteiger partial charge in [0.05, 0.1) is 0 Å². The Kier molecular flexibility index (Phi) is 5.63. The number of rotatable bonds is 5. The highest BCUT2D eigenvalue weighted by atomic mass is 35.5. The van der Waals surface area contributed by atoms with E-state index in [0.29, 0.717) is 27.8 Å². The quantitative estimate of drug-likeness (QED) is 0.391. The summed E-state index contributed by atoms with van der Waals surface area (Å²) in [5.41, 5.74) is 2.55. The van der Waals surface area contributed by atoms with Gasteiger partial charge in [-0.2, -0.15) is 0 Å². The van der Waals surface area contributed by atoms with Gasteiger partial charge in [-0.15, -0.1) is 11.3 Å². The second-order valence-electron chi connectivity index (χ2n) is 6.63. The van der Waals surface area contributed by atoms with Crippen LogP contribution >= 0.6 is 34.5 Å². The zero-order valence-electron chi connectivity index (χ0n) is 15.6. The van der Waals surface area contributed by atoms with E-state index in [-0.39, 0.29) is 9.77 Å². The summed E-state index contributed by atoms with van der Waals surface area (Å²) >= 11 is 13.3. The van der Waals surface area contributed by atoms with Gasteiger partial charge < -0.3 is 4.42 Å². The highest BCUT2D eigenvalue weighted by Gasteiger charge is 2.21. The van der Waals surface area contributed by atoms with Crippen molar-refractivity contribution >= 4 is 61.4 Å². The first kappa shape index (κ1) is 20.9. The lowest BCUT2D eigenvalue weighted by Crippen LogP contribution is -2.29. The Morgan fingerprint density at radius 1 is 1.13 bits per heavy atom. The number of amides is 1. The fraction of sp³-hybridized carbons (Fsp3) is 0.0952. The van der Waals surface area contributed by atoms with Crippen molar-refractivity contribution in [1.29, 1.82) is 0 Å². The van der Waals surface area contributed by atoms with Crippen LogP contribution in [0.3, 0.4) is 0 Å². The molecule has 0 atom stereocenters. The van der Waals surface area contributed by atoms with Crippen LogP contribution in [0.25, 0.3) is 11.0 Å². The third-order valence-electron chi connectivity index (χ3n) is 4.62. The Morgan fingerprint density at radius 2 is 1.93 bits per heavy atom. The van der Waals surface area contributed by atoms with Gasteiger partial charge in [0.1, 0.15) is 15.6 Å². The zero-order chi connectivity index (χ0) is 21.5. The molecule has 5 nitrogen and oxygen atoms in total. The van der Waals surface area contributed by atoms with Crippen molar-refractivity contribution in [2.75, 3.05) is 0 Å². The zero-order valence-corrected chi connectivity index (χ0v) is 18.8. The first-order chi connectivity index (χ1) is 14.2. The van der Waals surface area contributed by atoms with Crippen molar-refractivity contribution < 1.29 is 17.6 Å². The molecule has 0 spiro atoms. The van der Waals surface area contributed by atoms with Gasteiger partial charge in [0, 0.05) is 33.0 Å². The Morgan fingerprint density at radius 3 is 2.63 bits per heavy atom. The SMILES string of the molecule is Cc1oc2ccc(C(=O)NS(=O)(=O)c3cccs3)cc2c1Cc1ccc(Cl)cc1Cl. The lowest BCUT2D eigenvalue weighted by Gasteiger charge is -2.07. The Hall–Kier alpha value is -2.32. The van der Waals surface area contributed by atoms with Crippen LogP contribution in [0.5, 0.6) is 0 Å². The number of carbonyl (C=O) groups is 1. The summed E-state index contributed by atoms with van der Waals surface area (Å²) in [6.45, 7) is 1.83. The van der Waals surface area contributed by atoms with Crippen LogP contribution in [-0.2, 0) is 16.4 Å². The highest BCUT2D eigenvalue weighted by Crippen LogP contribution is 2.31. The Labute approximate surface area is 187 Å². The number of hydrogen-bond donors (Lipinski definition) is 1. The third kappa shape index (κ3) is 4.11. The van der Waals surface area contributed by atoms with Crippen molar-refractivity contribution in [3.8, 4) is 0 Å². The first-order valence-electron chi connectivity index (χ1n) is 8.81. The van der Waals surface area contributed by atoms with E-state index in [1.54, 1.807) is 35.7 Å². The van der Waals surface area contributed by atoms with Gasteiger partial charge in [0.25, 0.3) is 15.9 Å². The minimum Gasteiger partial charge on any atom is -0.461 e. The van der Waals surface area contributed by atoms with Crippen LogP contribution in [0, 0.1) is 6.92 Å². The molecule has 4 rings (SSSR count). The predicted molar refractivity (Wildman–Crippen MR) is 119 cm³/mol. The van der Waals surface area contributed by atoms with Crippen LogP contribution < -0.4 is 4.72 Å². The number of hydrogen-bond acceptors (Lipinski definition) is 5. The summed E-state index contributed by atoms with van der Waals surface area (Å²) in [5.74, 6) is -0.0144. The molecule has 1 N–H and O–H groups in total. The maximum absolute atomic E-state index is 12.6. The number of nitrogens with one attached hydrogen (secondary N) is 1. The molecule has 4 aromatic rings. The summed E-state index contributed by atoms with van der Waals surface area (Å²) in [7, 11) is -3.92. The maximum Gasteiger partial charge on any atom is 0.273 e. The van der Waals surface area contributed by atoms with E-state index in [4.69, 9.17) is 27.6 Å². The maximum atomic E-state index is 12.6. The summed E-state index contributed by atoms with van der Waals surface area (Å²) in [6, 6.07) is 13.1. The lowest BCUT2D eigenvalue weighted by molar-refractivity contribution is 0.0981. The molecule has 0 aliphatic heterocycles. The molecule has 30 heavy (non-hydrogen) atoms. The molecule has 0 radical (unpaired) electrons. The molecule has 0 saturated carbocycles. The number of furan rings is 1. The fourth-order valence-electron chi connectivity index (χ4n) is 3.14. The van der Waals surface area contributed by atoms with Crippen LogP contribution in [0.15, 0.2) is 62.5 Å². The van der Waals surface area contributed by atoms with Crippen molar-refractivity contribution in [3.05, 3.63) is 86.4 Å². The van der Waals surface area contributed by atoms with Crippen LogP contribution in [-0.4, -0.2) is 14.3 Å². The van der Waals surface area contributed by atoms with Gasteiger partial charge in [0.2, 0.25) is 0 Å². The number of benzene rings is 2. The van der Waals surface area contributed by atoms with Crippen LogP contribution in [0.1, 0.15) is 27.2 Å². The summed E-state index contributed by atoms with van der Waals surface area (Å²) in [5, 5.41) is 3.43. The molecule has 0 fully saturated rings. The van der Waals surface area contributed by atoms with Gasteiger partial charge in [-0.3, -0.25) is 4.79 Å². The van der Waals surface area contributed by atoms with Crippen molar-refractivity contribution in [2.45, 2.75) is 17.6 Å². The smallest absolute Gasteiger partial charge is 0.273 e. The average molecular weight is 480 g/mol. The molecular formula is C21H15Cl2NO4S2. The molecule has 1 amide bonds. The third-order valence-corrected chi connectivity index (χ3v) is 7.94. The first-order valence-corrected chi connectivity index (χ1v) is 11.9. The van der Waals surface area contributed by atoms with E-state index in [0.717, 1.165) is 27.8 Å². The normalized spacial score (nSPS) is 11.7. The minimum atomic E-state index is -3.92. The van der Waals surface area contributed by atoms with Gasteiger partial charge in [0.15, 0.2) is 0 Å². The van der Waals surface area contributed by atoms with E-state index >= 15 is 0 Å². The fourth-order valence-corrected chi connectivity index (χ4v) is 5.58. The van der Waals surface area contributed by atoms with Crippen molar-refractivity contribution in [1.82, 2.24) is 4.72 Å². The van der Waals surface area contributed by atoms with E-state index in [9.17, 15) is 13.2 Å². The average Bonchev–Trinajstić information content (AvgIpc) is 3.32. The molecule has 154 valence electrons. The molecule has 0 aliphatic rings. The molecule has 2 aromatic heterocycles. The van der Waals surface area contributed by atoms with Gasteiger partial charge in [-0.1, -0.05) is 35.3 Å². The van der Waals surface area contributed by atoms with Crippen molar-refractivity contribution in [3.63, 3.8) is 0 Å². The van der Waals surface area contributed by atoms with E-state index in [1.165, 1.54) is 12.1 Å². The van der Waals surface area contributed by atoms with Crippen LogP contribution in [0.2, 0.25) is 10.0 Å². The van der Waals surface area contributed by atoms with Crippen LogP contribution in [0.4, 0.5) is 0 Å². The molecular weight excluding hydrogens is 465 g/mol. The molecule has 2 heterocycles. The highest BCUT2D eigenvalue weighted by molar-refractivity contribution is 7.92. The number of carbonyl (C=O) groups excluding carboxylic acids is 1. The number of fused-ring (bicyclic) bond motifs is 1. The van der Waals surface area contributed by atoms with Gasteiger partial charge in [-0.25, -0.2) is 13.1 Å². The number of thiophene rings is 1. The van der Waals surface area contributed by atoms with E-state index in [1.807, 2.05) is 13.0 Å². The largest absolute Gasteiger partial charge is 0.461 e. The predicted octanol–water partition coefficient (Wildman–Crippen LogP) is 5.82. The second kappa shape index (κ2) is 8.07. The molecule has 9 heteroatoms. The lowest BCUT2D eigenvalue weighted by atomic mass is 10.0. The van der Waals surface area contributed by atoms with Crippen molar-refractivity contribution in [2.24, 2.45) is 0 Å². The summed E-state index contributed by atoms with van der Waals surface area (Å²) in [4.78, 5) is 12.6. The molecule has 0 bridgehead atoms. The van der Waals surface area contributed by atoms with Gasteiger partial charge >= 0.3 is 0 Å². The standard InChI is InChI=1S/C21H15Cl2NO4S2/c1-12-16(9-13-4-6-15(22)11-18(13)23)17-10-14(5-7-19(17)28-12)21(25)24-30(26,27)20-3-2-8-29-20/h2-8,10-11H,9H2,1H3,(H,24,25). The van der Waals surface area contributed by atoms with Gasteiger partial charge in [-0.05, 0) is 54.3 Å². The minimum absolute atomic E-state index is 0.0779. The topological polar surface area (TPSA) is 76.4 Å². The molecule has 0 unspecified atom stereocenters. The Bertz CT molecular complexity index is 1360.